The SMILES string of the molecule is O=S(=O)(/C=C/c1ccccc1)N1CCN(C[C@H](O)COCc2ccccc2)CC1. The van der Waals surface area contributed by atoms with E-state index < -0.39 is 16.1 Å². The van der Waals surface area contributed by atoms with Crippen molar-refractivity contribution >= 4 is 16.1 Å². The fourth-order valence-electron chi connectivity index (χ4n) is 3.22. The molecule has 1 fully saturated rings. The molecule has 1 N–H and O–H groups in total. The molecule has 2 aromatic rings. The normalized spacial score (nSPS) is 17.6. The van der Waals surface area contributed by atoms with Gasteiger partial charge in [0.1, 0.15) is 0 Å². The number of hydrogen-bond acceptors (Lipinski definition) is 5. The molecule has 1 heterocycles. The average molecular weight is 417 g/mol. The van der Waals surface area contributed by atoms with E-state index >= 15 is 0 Å². The smallest absolute Gasteiger partial charge is 0.236 e. The molecule has 6 nitrogen and oxygen atoms in total. The molecule has 0 amide bonds. The molecule has 1 aliphatic rings. The second-order valence-corrected chi connectivity index (χ2v) is 8.93. The van der Waals surface area contributed by atoms with E-state index in [4.69, 9.17) is 4.74 Å². The maximum Gasteiger partial charge on any atom is 0.236 e. The zero-order valence-corrected chi connectivity index (χ0v) is 17.2. The summed E-state index contributed by atoms with van der Waals surface area (Å²) in [5.74, 6) is 0. The molecule has 1 atom stereocenters. The van der Waals surface area contributed by atoms with Gasteiger partial charge in [-0.1, -0.05) is 60.7 Å². The Bertz CT molecular complexity index is 864. The molecule has 1 saturated heterocycles. The maximum atomic E-state index is 12.5. The van der Waals surface area contributed by atoms with Crippen molar-refractivity contribution in [3.63, 3.8) is 0 Å². The summed E-state index contributed by atoms with van der Waals surface area (Å²) < 4.78 is 32.1. The lowest BCUT2D eigenvalue weighted by molar-refractivity contribution is 0.00543. The van der Waals surface area contributed by atoms with Crippen molar-refractivity contribution in [3.05, 3.63) is 77.2 Å². The second kappa shape index (κ2) is 10.7. The first-order valence-corrected chi connectivity index (χ1v) is 11.3. The van der Waals surface area contributed by atoms with Gasteiger partial charge in [-0.2, -0.15) is 4.31 Å². The summed E-state index contributed by atoms with van der Waals surface area (Å²) >= 11 is 0. The van der Waals surface area contributed by atoms with Crippen molar-refractivity contribution in [2.24, 2.45) is 0 Å². The van der Waals surface area contributed by atoms with E-state index in [0.29, 0.717) is 39.3 Å². The quantitative estimate of drug-likeness (QED) is 0.679. The van der Waals surface area contributed by atoms with Gasteiger partial charge in [-0.25, -0.2) is 8.42 Å². The van der Waals surface area contributed by atoms with E-state index in [9.17, 15) is 13.5 Å². The lowest BCUT2D eigenvalue weighted by atomic mass is 10.2. The standard InChI is InChI=1S/C22H28N2O4S/c25-22(19-28-18-21-9-5-2-6-10-21)17-23-12-14-24(15-13-23)29(26,27)16-11-20-7-3-1-4-8-20/h1-11,16,22,25H,12-15,17-19H2/b16-11+/t22-/m0/s1. The van der Waals surface area contributed by atoms with Crippen LogP contribution < -0.4 is 0 Å². The van der Waals surface area contributed by atoms with E-state index in [0.717, 1.165) is 11.1 Å². The van der Waals surface area contributed by atoms with Crippen LogP contribution in [0.5, 0.6) is 0 Å². The van der Waals surface area contributed by atoms with Crippen LogP contribution in [-0.4, -0.2) is 68.2 Å². The van der Waals surface area contributed by atoms with E-state index in [1.165, 1.54) is 9.71 Å². The Balaban J connectivity index is 1.39. The number of nitrogens with zero attached hydrogens (tertiary/aromatic N) is 2. The van der Waals surface area contributed by atoms with Crippen LogP contribution in [-0.2, 0) is 21.4 Å². The number of ether oxygens (including phenoxy) is 1. The third-order valence-electron chi connectivity index (χ3n) is 4.81. The van der Waals surface area contributed by atoms with Crippen molar-refractivity contribution in [3.8, 4) is 0 Å². The first kappa shape index (κ1) is 21.7. The number of sulfonamides is 1. The highest BCUT2D eigenvalue weighted by Gasteiger charge is 2.25. The van der Waals surface area contributed by atoms with E-state index in [1.54, 1.807) is 6.08 Å². The minimum atomic E-state index is -3.44. The Morgan fingerprint density at radius 3 is 2.24 bits per heavy atom. The van der Waals surface area contributed by atoms with E-state index in [-0.39, 0.29) is 6.61 Å². The molecule has 0 aliphatic carbocycles. The minimum Gasteiger partial charge on any atom is -0.389 e. The monoisotopic (exact) mass is 416 g/mol. The molecule has 0 bridgehead atoms. The third kappa shape index (κ3) is 7.06. The Hall–Kier alpha value is -2.03. The molecule has 0 aromatic heterocycles. The van der Waals surface area contributed by atoms with Gasteiger partial charge in [0.15, 0.2) is 0 Å². The number of aliphatic hydroxyl groups is 1. The molecule has 156 valence electrons. The summed E-state index contributed by atoms with van der Waals surface area (Å²) in [7, 11) is -3.44. The second-order valence-electron chi connectivity index (χ2n) is 7.11. The van der Waals surface area contributed by atoms with E-state index in [2.05, 4.69) is 4.90 Å². The van der Waals surface area contributed by atoms with Gasteiger partial charge < -0.3 is 9.84 Å². The van der Waals surface area contributed by atoms with Gasteiger partial charge in [0.05, 0.1) is 19.3 Å². The van der Waals surface area contributed by atoms with Crippen LogP contribution in [0, 0.1) is 0 Å². The van der Waals surface area contributed by atoms with Gasteiger partial charge in [0.25, 0.3) is 0 Å². The number of aliphatic hydroxyl groups excluding tert-OH is 1. The van der Waals surface area contributed by atoms with E-state index in [1.807, 2.05) is 60.7 Å². The lowest BCUT2D eigenvalue weighted by Gasteiger charge is -2.34. The molecule has 0 unspecified atom stereocenters. The highest BCUT2D eigenvalue weighted by atomic mass is 32.2. The highest BCUT2D eigenvalue weighted by Crippen LogP contribution is 2.12. The predicted octanol–water partition coefficient (Wildman–Crippen LogP) is 2.18. The van der Waals surface area contributed by atoms with Gasteiger partial charge >= 0.3 is 0 Å². The number of piperazine rings is 1. The first-order valence-electron chi connectivity index (χ1n) is 9.78. The van der Waals surface area contributed by atoms with Crippen molar-refractivity contribution < 1.29 is 18.3 Å². The maximum absolute atomic E-state index is 12.5. The highest BCUT2D eigenvalue weighted by molar-refractivity contribution is 7.92. The molecule has 0 saturated carbocycles. The van der Waals surface area contributed by atoms with Gasteiger partial charge in [-0.3, -0.25) is 4.90 Å². The zero-order chi connectivity index (χ0) is 20.5. The van der Waals surface area contributed by atoms with Gasteiger partial charge in [0, 0.05) is 38.1 Å². The molecule has 7 heteroatoms. The number of benzene rings is 2. The van der Waals surface area contributed by atoms with Crippen molar-refractivity contribution in [1.29, 1.82) is 0 Å². The Morgan fingerprint density at radius 2 is 1.59 bits per heavy atom. The van der Waals surface area contributed by atoms with Gasteiger partial charge in [-0.05, 0) is 17.2 Å². The molecule has 1 aliphatic heterocycles. The predicted molar refractivity (Wildman–Crippen MR) is 115 cm³/mol. The third-order valence-corrected chi connectivity index (χ3v) is 6.38. The number of rotatable bonds is 9. The molecular weight excluding hydrogens is 388 g/mol. The Labute approximate surface area is 173 Å². The molecule has 2 aromatic carbocycles. The Morgan fingerprint density at radius 1 is 0.966 bits per heavy atom. The van der Waals surface area contributed by atoms with Gasteiger partial charge in [0.2, 0.25) is 10.0 Å². The van der Waals surface area contributed by atoms with Crippen molar-refractivity contribution in [1.82, 2.24) is 9.21 Å². The summed E-state index contributed by atoms with van der Waals surface area (Å²) in [6.07, 6.45) is 1.02. The fourth-order valence-corrected chi connectivity index (χ4v) is 4.39. The van der Waals surface area contributed by atoms with Crippen molar-refractivity contribution in [2.75, 3.05) is 39.3 Å². The van der Waals surface area contributed by atoms with Crippen LogP contribution in [0.1, 0.15) is 11.1 Å². The first-order chi connectivity index (χ1) is 14.0. The summed E-state index contributed by atoms with van der Waals surface area (Å²) in [5, 5.41) is 11.5. The minimum absolute atomic E-state index is 0.257. The van der Waals surface area contributed by atoms with Crippen LogP contribution in [0.4, 0.5) is 0 Å². The van der Waals surface area contributed by atoms with Crippen LogP contribution >= 0.6 is 0 Å². The molecular formula is C22H28N2O4S. The van der Waals surface area contributed by atoms with Gasteiger partial charge in [-0.15, -0.1) is 0 Å². The van der Waals surface area contributed by atoms with Crippen LogP contribution in [0.15, 0.2) is 66.1 Å². The summed E-state index contributed by atoms with van der Waals surface area (Å²) in [5.41, 5.74) is 1.93. The topological polar surface area (TPSA) is 70.1 Å². The number of β-amino-alcohol motifs (C(OH)–C–C–N with tert-alkyl or cyclic N) is 1. The largest absolute Gasteiger partial charge is 0.389 e. The molecule has 0 radical (unpaired) electrons. The molecule has 29 heavy (non-hydrogen) atoms. The van der Waals surface area contributed by atoms with Crippen LogP contribution in [0.2, 0.25) is 0 Å². The summed E-state index contributed by atoms with van der Waals surface area (Å²) in [4.78, 5) is 2.07. The summed E-state index contributed by atoms with van der Waals surface area (Å²) in [6.45, 7) is 3.22. The van der Waals surface area contributed by atoms with Crippen LogP contribution in [0.25, 0.3) is 6.08 Å². The molecule has 0 spiro atoms. The average Bonchev–Trinajstić information content (AvgIpc) is 2.74. The summed E-state index contributed by atoms with van der Waals surface area (Å²) in [6, 6.07) is 19.2. The van der Waals surface area contributed by atoms with Crippen molar-refractivity contribution in [2.45, 2.75) is 12.7 Å². The van der Waals surface area contributed by atoms with Crippen LogP contribution in [0.3, 0.4) is 0 Å². The Kier molecular flexibility index (Phi) is 7.97. The molecule has 3 rings (SSSR count). The zero-order valence-electron chi connectivity index (χ0n) is 16.4. The fraction of sp³-hybridized carbons (Fsp3) is 0.364. The lowest BCUT2D eigenvalue weighted by Crippen LogP contribution is -2.50. The number of hydrogen-bond donors (Lipinski definition) is 1.